The first kappa shape index (κ1) is 16.4. The predicted molar refractivity (Wildman–Crippen MR) is 104 cm³/mol. The molecule has 3 heterocycles. The Morgan fingerprint density at radius 2 is 2.22 bits per heavy atom. The SMILES string of the molecule is Cl.N#Cc1cnc2c(c1)CC(I)(Nc1ccc3[nH]ccc3c1)S2. The average molecular weight is 455 g/mol. The second-order valence-corrected chi connectivity index (χ2v) is 9.07. The third-order valence-electron chi connectivity index (χ3n) is 3.61. The first-order valence-electron chi connectivity index (χ1n) is 6.77. The Morgan fingerprint density at radius 1 is 1.35 bits per heavy atom. The molecule has 1 aromatic carbocycles. The smallest absolute Gasteiger partial charge is 0.146 e. The van der Waals surface area contributed by atoms with Crippen LogP contribution in [0.15, 0.2) is 47.8 Å². The standard InChI is InChI=1S/C16H11IN4S.ClH/c17-16(7-12-5-10(8-18)9-20-15(12)22-16)21-13-1-2-14-11(6-13)3-4-19-14;/h1-6,9,19,21H,7H2;1H. The van der Waals surface area contributed by atoms with Gasteiger partial charge in [-0.3, -0.25) is 0 Å². The maximum atomic E-state index is 9.00. The highest BCUT2D eigenvalue weighted by Crippen LogP contribution is 2.48. The first-order valence-corrected chi connectivity index (χ1v) is 8.67. The normalized spacial score (nSPS) is 19.0. The van der Waals surface area contributed by atoms with Gasteiger partial charge in [0.1, 0.15) is 14.0 Å². The van der Waals surface area contributed by atoms with Crippen molar-refractivity contribution < 1.29 is 0 Å². The van der Waals surface area contributed by atoms with Crippen molar-refractivity contribution in [1.82, 2.24) is 9.97 Å². The fourth-order valence-electron chi connectivity index (χ4n) is 2.63. The summed E-state index contributed by atoms with van der Waals surface area (Å²) in [4.78, 5) is 7.60. The van der Waals surface area contributed by atoms with Crippen LogP contribution in [0.25, 0.3) is 10.9 Å². The zero-order valence-corrected chi connectivity index (χ0v) is 15.6. The highest BCUT2D eigenvalue weighted by Gasteiger charge is 2.37. The highest BCUT2D eigenvalue weighted by molar-refractivity contribution is 14.1. The van der Waals surface area contributed by atoms with E-state index in [0.717, 1.165) is 28.2 Å². The summed E-state index contributed by atoms with van der Waals surface area (Å²) in [6.45, 7) is 0. The van der Waals surface area contributed by atoms with E-state index in [2.05, 4.69) is 68.2 Å². The molecule has 0 fully saturated rings. The molecule has 0 bridgehead atoms. The predicted octanol–water partition coefficient (Wildman–Crippen LogP) is 4.71. The van der Waals surface area contributed by atoms with Crippen LogP contribution in [0.2, 0.25) is 0 Å². The van der Waals surface area contributed by atoms with Crippen molar-refractivity contribution in [3.63, 3.8) is 0 Å². The van der Waals surface area contributed by atoms with Gasteiger partial charge in [-0.15, -0.1) is 12.4 Å². The molecule has 0 spiro atoms. The summed E-state index contributed by atoms with van der Waals surface area (Å²) in [7, 11) is 0. The molecule has 0 saturated heterocycles. The number of pyridine rings is 1. The minimum atomic E-state index is -0.175. The van der Waals surface area contributed by atoms with Crippen LogP contribution in [0, 0.1) is 11.3 Å². The minimum absolute atomic E-state index is 0. The zero-order valence-electron chi connectivity index (χ0n) is 11.8. The fraction of sp³-hybridized carbons (Fsp3) is 0.125. The molecule has 7 heteroatoms. The first-order chi connectivity index (χ1) is 10.6. The molecule has 116 valence electrons. The third-order valence-corrected chi connectivity index (χ3v) is 6.06. The lowest BCUT2D eigenvalue weighted by Crippen LogP contribution is -2.26. The number of nitriles is 1. The Bertz CT molecular complexity index is 920. The van der Waals surface area contributed by atoms with E-state index in [0.29, 0.717) is 5.56 Å². The van der Waals surface area contributed by atoms with E-state index in [1.807, 2.05) is 12.3 Å². The largest absolute Gasteiger partial charge is 0.362 e. The lowest BCUT2D eigenvalue weighted by molar-refractivity contribution is 0.930. The van der Waals surface area contributed by atoms with Crippen molar-refractivity contribution in [2.75, 3.05) is 5.32 Å². The van der Waals surface area contributed by atoms with Gasteiger partial charge < -0.3 is 10.3 Å². The molecular weight excluding hydrogens is 443 g/mol. The maximum Gasteiger partial charge on any atom is 0.146 e. The molecule has 3 aromatic rings. The lowest BCUT2D eigenvalue weighted by Gasteiger charge is -2.23. The van der Waals surface area contributed by atoms with E-state index < -0.39 is 0 Å². The Morgan fingerprint density at radius 3 is 3.04 bits per heavy atom. The number of halogens is 2. The number of fused-ring (bicyclic) bond motifs is 2. The van der Waals surface area contributed by atoms with Crippen LogP contribution in [0.5, 0.6) is 0 Å². The van der Waals surface area contributed by atoms with Gasteiger partial charge in [-0.2, -0.15) is 5.26 Å². The molecule has 0 saturated carbocycles. The number of alkyl halides is 1. The summed E-state index contributed by atoms with van der Waals surface area (Å²) in [6.07, 6.45) is 4.42. The topological polar surface area (TPSA) is 64.5 Å². The fourth-order valence-corrected chi connectivity index (χ4v) is 5.05. The van der Waals surface area contributed by atoms with Gasteiger partial charge in [0.05, 0.1) is 5.56 Å². The number of aromatic amines is 1. The van der Waals surface area contributed by atoms with Gasteiger partial charge in [0.2, 0.25) is 0 Å². The van der Waals surface area contributed by atoms with Crippen molar-refractivity contribution in [3.05, 3.63) is 53.9 Å². The number of nitrogens with one attached hydrogen (secondary N) is 2. The Balaban J connectivity index is 0.00000156. The van der Waals surface area contributed by atoms with Crippen LogP contribution in [0.4, 0.5) is 5.69 Å². The molecule has 2 aromatic heterocycles. The number of H-pyrrole nitrogens is 1. The second kappa shape index (κ2) is 6.23. The van der Waals surface area contributed by atoms with Crippen LogP contribution >= 0.6 is 46.8 Å². The van der Waals surface area contributed by atoms with Crippen LogP contribution in [-0.2, 0) is 6.42 Å². The molecule has 4 nitrogen and oxygen atoms in total. The quantitative estimate of drug-likeness (QED) is 0.334. The lowest BCUT2D eigenvalue weighted by atomic mass is 10.1. The van der Waals surface area contributed by atoms with E-state index in [4.69, 9.17) is 5.26 Å². The van der Waals surface area contributed by atoms with Crippen molar-refractivity contribution in [2.45, 2.75) is 14.3 Å². The number of rotatable bonds is 2. The third kappa shape index (κ3) is 3.13. The molecule has 23 heavy (non-hydrogen) atoms. The zero-order chi connectivity index (χ0) is 15.2. The van der Waals surface area contributed by atoms with E-state index >= 15 is 0 Å². The monoisotopic (exact) mass is 454 g/mol. The van der Waals surface area contributed by atoms with Crippen LogP contribution in [0.1, 0.15) is 11.1 Å². The van der Waals surface area contributed by atoms with Gasteiger partial charge in [0, 0.05) is 35.4 Å². The summed E-state index contributed by atoms with van der Waals surface area (Å²) < 4.78 is -0.175. The summed E-state index contributed by atoms with van der Waals surface area (Å²) >= 11 is 4.14. The number of anilines is 1. The van der Waals surface area contributed by atoms with E-state index in [-0.39, 0.29) is 15.3 Å². The molecular formula is C16H12ClIN4S. The summed E-state index contributed by atoms with van der Waals surface area (Å²) in [5, 5.41) is 14.8. The van der Waals surface area contributed by atoms with Crippen LogP contribution in [-0.4, -0.2) is 12.8 Å². The van der Waals surface area contributed by atoms with Gasteiger partial charge in [-0.25, -0.2) is 4.98 Å². The molecule has 0 aliphatic carbocycles. The maximum absolute atomic E-state index is 9.00. The number of aromatic nitrogens is 2. The summed E-state index contributed by atoms with van der Waals surface area (Å²) in [5.41, 5.74) is 3.97. The molecule has 0 radical (unpaired) electrons. The average Bonchev–Trinajstić information content (AvgIpc) is 3.08. The summed E-state index contributed by atoms with van der Waals surface area (Å²) in [6, 6.07) is 12.5. The highest BCUT2D eigenvalue weighted by atomic mass is 127. The summed E-state index contributed by atoms with van der Waals surface area (Å²) in [5.74, 6) is 0. The van der Waals surface area contributed by atoms with Crippen LogP contribution in [0.3, 0.4) is 0 Å². The Kier molecular flexibility index (Phi) is 4.45. The van der Waals surface area contributed by atoms with Gasteiger partial charge >= 0.3 is 0 Å². The number of benzene rings is 1. The number of hydrogen-bond donors (Lipinski definition) is 2. The molecule has 1 aliphatic rings. The van der Waals surface area contributed by atoms with Gasteiger partial charge in [-0.1, -0.05) is 11.8 Å². The van der Waals surface area contributed by atoms with Gasteiger partial charge in [0.15, 0.2) is 0 Å². The molecule has 1 aliphatic heterocycles. The molecule has 0 amide bonds. The van der Waals surface area contributed by atoms with Crippen LogP contribution < -0.4 is 5.32 Å². The number of thioether (sulfide) groups is 1. The van der Waals surface area contributed by atoms with E-state index in [9.17, 15) is 0 Å². The van der Waals surface area contributed by atoms with Crippen molar-refractivity contribution in [1.29, 1.82) is 5.26 Å². The van der Waals surface area contributed by atoms with Gasteiger partial charge in [0.25, 0.3) is 0 Å². The number of hydrogen-bond acceptors (Lipinski definition) is 4. The Labute approximate surface area is 157 Å². The number of nitrogens with zero attached hydrogens (tertiary/aromatic N) is 2. The molecule has 2 N–H and O–H groups in total. The molecule has 1 atom stereocenters. The van der Waals surface area contributed by atoms with E-state index in [1.165, 1.54) is 5.39 Å². The van der Waals surface area contributed by atoms with Gasteiger partial charge in [-0.05, 0) is 58.5 Å². The second-order valence-electron chi connectivity index (χ2n) is 5.21. The molecule has 4 rings (SSSR count). The Hall–Kier alpha value is -1.43. The van der Waals surface area contributed by atoms with Crippen molar-refractivity contribution in [3.8, 4) is 6.07 Å². The van der Waals surface area contributed by atoms with Crippen molar-refractivity contribution in [2.24, 2.45) is 0 Å². The molecule has 1 unspecified atom stereocenters. The van der Waals surface area contributed by atoms with Crippen molar-refractivity contribution >= 4 is 63.4 Å². The van der Waals surface area contributed by atoms with E-state index in [1.54, 1.807) is 18.0 Å². The minimum Gasteiger partial charge on any atom is -0.362 e.